The van der Waals surface area contributed by atoms with Crippen molar-refractivity contribution in [2.45, 2.75) is 46.1 Å². The van der Waals surface area contributed by atoms with E-state index in [9.17, 15) is 14.7 Å². The lowest BCUT2D eigenvalue weighted by atomic mass is 9.97. The molecule has 0 amide bonds. The number of ether oxygens (including phenoxy) is 1. The second-order valence-corrected chi connectivity index (χ2v) is 4.40. The number of esters is 1. The van der Waals surface area contributed by atoms with Crippen molar-refractivity contribution in [3.05, 3.63) is 24.3 Å². The van der Waals surface area contributed by atoms with E-state index in [-0.39, 0.29) is 24.8 Å². The molecule has 0 heterocycles. The van der Waals surface area contributed by atoms with Crippen molar-refractivity contribution >= 4 is 11.8 Å². The molecule has 108 valence electrons. The van der Waals surface area contributed by atoms with Crippen molar-refractivity contribution in [2.24, 2.45) is 5.92 Å². The zero-order chi connectivity index (χ0) is 14.7. The van der Waals surface area contributed by atoms with E-state index in [1.54, 1.807) is 19.1 Å². The monoisotopic (exact) mass is 268 g/mol. The number of carbonyl (C=O) groups is 2. The molecule has 0 aliphatic heterocycles. The van der Waals surface area contributed by atoms with Gasteiger partial charge in [-0.25, -0.2) is 0 Å². The van der Waals surface area contributed by atoms with Crippen molar-refractivity contribution in [1.29, 1.82) is 0 Å². The van der Waals surface area contributed by atoms with Gasteiger partial charge in [-0.2, -0.15) is 0 Å². The highest BCUT2D eigenvalue weighted by atomic mass is 16.5. The van der Waals surface area contributed by atoms with Crippen LogP contribution in [-0.4, -0.2) is 29.6 Å². The number of ketones is 1. The van der Waals surface area contributed by atoms with Crippen molar-refractivity contribution < 1.29 is 19.4 Å². The number of hydrogen-bond acceptors (Lipinski definition) is 4. The SMILES string of the molecule is CC=CC=CC(=O)C(C)C(O)CCOC(=O)CCC. The molecule has 2 atom stereocenters. The lowest BCUT2D eigenvalue weighted by Gasteiger charge is -2.16. The lowest BCUT2D eigenvalue weighted by Crippen LogP contribution is -2.26. The Balaban J connectivity index is 4.02. The third kappa shape index (κ3) is 8.32. The standard InChI is InChI=1S/C15H24O4/c1-4-6-7-9-13(16)12(3)14(17)10-11-19-15(18)8-5-2/h4,6-7,9,12,14,17H,5,8,10-11H2,1-3H3. The predicted molar refractivity (Wildman–Crippen MR) is 74.6 cm³/mol. The molecule has 0 aromatic carbocycles. The van der Waals surface area contributed by atoms with Gasteiger partial charge in [-0.3, -0.25) is 9.59 Å². The van der Waals surface area contributed by atoms with E-state index in [1.165, 1.54) is 6.08 Å². The highest BCUT2D eigenvalue weighted by Gasteiger charge is 2.20. The summed E-state index contributed by atoms with van der Waals surface area (Å²) >= 11 is 0. The molecule has 1 N–H and O–H groups in total. The average molecular weight is 268 g/mol. The van der Waals surface area contributed by atoms with Crippen molar-refractivity contribution in [3.63, 3.8) is 0 Å². The fourth-order valence-corrected chi connectivity index (χ4v) is 1.42. The van der Waals surface area contributed by atoms with Crippen LogP contribution in [0.5, 0.6) is 0 Å². The summed E-state index contributed by atoms with van der Waals surface area (Å²) in [6.07, 6.45) is 7.27. The maximum Gasteiger partial charge on any atom is 0.305 e. The molecule has 0 bridgehead atoms. The zero-order valence-corrected chi connectivity index (χ0v) is 12.0. The fourth-order valence-electron chi connectivity index (χ4n) is 1.42. The molecular formula is C15H24O4. The van der Waals surface area contributed by atoms with Gasteiger partial charge in [0.25, 0.3) is 0 Å². The van der Waals surface area contributed by atoms with Gasteiger partial charge in [0.2, 0.25) is 0 Å². The zero-order valence-electron chi connectivity index (χ0n) is 12.0. The normalized spacial score (nSPS) is 14.7. The molecule has 19 heavy (non-hydrogen) atoms. The van der Waals surface area contributed by atoms with Crippen molar-refractivity contribution in [1.82, 2.24) is 0 Å². The van der Waals surface area contributed by atoms with E-state index in [1.807, 2.05) is 19.9 Å². The van der Waals surface area contributed by atoms with E-state index in [0.29, 0.717) is 6.42 Å². The molecule has 0 fully saturated rings. The average Bonchev–Trinajstić information content (AvgIpc) is 2.38. The first-order valence-electron chi connectivity index (χ1n) is 6.69. The molecule has 0 radical (unpaired) electrons. The van der Waals surface area contributed by atoms with E-state index < -0.39 is 12.0 Å². The Bertz CT molecular complexity index is 331. The molecule has 0 saturated carbocycles. The van der Waals surface area contributed by atoms with Crippen LogP contribution in [0.1, 0.15) is 40.0 Å². The first-order chi connectivity index (χ1) is 9.02. The molecule has 0 aromatic heterocycles. The van der Waals surface area contributed by atoms with Crippen LogP contribution in [0, 0.1) is 5.92 Å². The summed E-state index contributed by atoms with van der Waals surface area (Å²) in [5, 5.41) is 9.82. The summed E-state index contributed by atoms with van der Waals surface area (Å²) in [6.45, 7) is 5.57. The smallest absolute Gasteiger partial charge is 0.305 e. The van der Waals surface area contributed by atoms with Crippen LogP contribution in [0.4, 0.5) is 0 Å². The Hall–Kier alpha value is -1.42. The molecular weight excluding hydrogens is 244 g/mol. The summed E-state index contributed by atoms with van der Waals surface area (Å²) in [7, 11) is 0. The van der Waals surface area contributed by atoms with E-state index in [0.717, 1.165) is 6.42 Å². The largest absolute Gasteiger partial charge is 0.466 e. The van der Waals surface area contributed by atoms with Crippen LogP contribution in [-0.2, 0) is 14.3 Å². The van der Waals surface area contributed by atoms with Gasteiger partial charge in [-0.05, 0) is 19.4 Å². The highest BCUT2D eigenvalue weighted by molar-refractivity contribution is 5.92. The molecule has 0 aliphatic rings. The first kappa shape index (κ1) is 17.6. The number of rotatable bonds is 9. The highest BCUT2D eigenvalue weighted by Crippen LogP contribution is 2.10. The van der Waals surface area contributed by atoms with Crippen LogP contribution in [0.2, 0.25) is 0 Å². The first-order valence-corrected chi connectivity index (χ1v) is 6.69. The van der Waals surface area contributed by atoms with E-state index in [2.05, 4.69) is 0 Å². The number of allylic oxidation sites excluding steroid dienone is 4. The van der Waals surface area contributed by atoms with Gasteiger partial charge in [-0.15, -0.1) is 0 Å². The fraction of sp³-hybridized carbons (Fsp3) is 0.600. The number of aliphatic hydroxyl groups excluding tert-OH is 1. The van der Waals surface area contributed by atoms with Gasteiger partial charge in [-0.1, -0.05) is 32.1 Å². The van der Waals surface area contributed by atoms with Gasteiger partial charge in [0, 0.05) is 18.8 Å². The molecule has 0 rings (SSSR count). The van der Waals surface area contributed by atoms with Crippen LogP contribution in [0.25, 0.3) is 0 Å². The lowest BCUT2D eigenvalue weighted by molar-refractivity contribution is -0.144. The Kier molecular flexibility index (Phi) is 9.71. The summed E-state index contributed by atoms with van der Waals surface area (Å²) in [4.78, 5) is 22.8. The second kappa shape index (κ2) is 10.5. The Labute approximate surface area is 115 Å². The van der Waals surface area contributed by atoms with Crippen molar-refractivity contribution in [3.8, 4) is 0 Å². The summed E-state index contributed by atoms with van der Waals surface area (Å²) in [6, 6.07) is 0. The maximum atomic E-state index is 11.7. The van der Waals surface area contributed by atoms with Gasteiger partial charge in [0.05, 0.1) is 12.7 Å². The number of hydrogen-bond donors (Lipinski definition) is 1. The molecule has 0 aliphatic carbocycles. The molecule has 0 spiro atoms. The van der Waals surface area contributed by atoms with Gasteiger partial charge < -0.3 is 9.84 Å². The van der Waals surface area contributed by atoms with Crippen LogP contribution < -0.4 is 0 Å². The minimum atomic E-state index is -0.794. The van der Waals surface area contributed by atoms with Gasteiger partial charge >= 0.3 is 5.97 Å². The molecule has 0 aromatic rings. The molecule has 4 nitrogen and oxygen atoms in total. The third-order valence-electron chi connectivity index (χ3n) is 2.72. The Morgan fingerprint density at radius 2 is 2.00 bits per heavy atom. The predicted octanol–water partition coefficient (Wildman–Crippen LogP) is 2.42. The molecule has 0 saturated heterocycles. The maximum absolute atomic E-state index is 11.7. The summed E-state index contributed by atoms with van der Waals surface area (Å²) in [5.41, 5.74) is 0. The third-order valence-corrected chi connectivity index (χ3v) is 2.72. The van der Waals surface area contributed by atoms with Crippen LogP contribution in [0.15, 0.2) is 24.3 Å². The minimum Gasteiger partial charge on any atom is -0.466 e. The quantitative estimate of drug-likeness (QED) is 0.396. The Morgan fingerprint density at radius 1 is 1.32 bits per heavy atom. The topological polar surface area (TPSA) is 63.6 Å². The molecule has 4 heteroatoms. The van der Waals surface area contributed by atoms with Gasteiger partial charge in [0.15, 0.2) is 5.78 Å². The molecule has 2 unspecified atom stereocenters. The van der Waals surface area contributed by atoms with E-state index in [4.69, 9.17) is 4.74 Å². The van der Waals surface area contributed by atoms with Gasteiger partial charge in [0.1, 0.15) is 0 Å². The van der Waals surface area contributed by atoms with Crippen LogP contribution in [0.3, 0.4) is 0 Å². The summed E-state index contributed by atoms with van der Waals surface area (Å²) < 4.78 is 4.94. The minimum absolute atomic E-state index is 0.134. The Morgan fingerprint density at radius 3 is 2.58 bits per heavy atom. The van der Waals surface area contributed by atoms with Crippen molar-refractivity contribution in [2.75, 3.05) is 6.61 Å². The van der Waals surface area contributed by atoms with E-state index >= 15 is 0 Å². The second-order valence-electron chi connectivity index (χ2n) is 4.40. The number of carbonyl (C=O) groups excluding carboxylic acids is 2. The van der Waals surface area contributed by atoms with Crippen LogP contribution >= 0.6 is 0 Å². The number of aliphatic hydroxyl groups is 1. The summed E-state index contributed by atoms with van der Waals surface area (Å²) in [5.74, 6) is -0.890.